The van der Waals surface area contributed by atoms with E-state index in [1.807, 2.05) is 41.8 Å². The van der Waals surface area contributed by atoms with Crippen molar-refractivity contribution < 1.29 is 13.2 Å². The molecule has 0 spiro atoms. The molecule has 1 amide bonds. The first-order valence-electron chi connectivity index (χ1n) is 9.59. The average molecular weight is 433 g/mol. The van der Waals surface area contributed by atoms with E-state index in [1.54, 1.807) is 22.3 Å². The molecule has 1 aromatic carbocycles. The van der Waals surface area contributed by atoms with Gasteiger partial charge in [0.2, 0.25) is 15.9 Å². The van der Waals surface area contributed by atoms with Gasteiger partial charge >= 0.3 is 0 Å². The number of nitrogens with zero attached hydrogens (tertiary/aromatic N) is 2. The molecule has 2 aliphatic heterocycles. The van der Waals surface area contributed by atoms with Gasteiger partial charge in [0.1, 0.15) is 6.04 Å². The lowest BCUT2D eigenvalue weighted by atomic mass is 10.1. The maximum atomic E-state index is 12.8. The molecule has 3 heterocycles. The SMILES string of the molecule is O=C(C1CC(c2cccs2)NN1)N1CCN(S(=O)(=O)/C=C/c2ccccc2)CC1. The van der Waals surface area contributed by atoms with E-state index in [0.29, 0.717) is 32.6 Å². The highest BCUT2D eigenvalue weighted by molar-refractivity contribution is 7.92. The summed E-state index contributed by atoms with van der Waals surface area (Å²) in [6.07, 6.45) is 2.30. The molecule has 154 valence electrons. The Hall–Kier alpha value is -2.04. The van der Waals surface area contributed by atoms with Crippen LogP contribution in [0.25, 0.3) is 6.08 Å². The first-order valence-corrected chi connectivity index (χ1v) is 12.0. The van der Waals surface area contributed by atoms with Crippen LogP contribution in [0, 0.1) is 0 Å². The molecule has 2 atom stereocenters. The minimum atomic E-state index is -3.50. The van der Waals surface area contributed by atoms with Crippen molar-refractivity contribution in [2.75, 3.05) is 26.2 Å². The van der Waals surface area contributed by atoms with Gasteiger partial charge < -0.3 is 4.90 Å². The molecule has 2 unspecified atom stereocenters. The Bertz CT molecular complexity index is 953. The predicted octanol–water partition coefficient (Wildman–Crippen LogP) is 1.80. The smallest absolute Gasteiger partial charge is 0.241 e. The van der Waals surface area contributed by atoms with E-state index >= 15 is 0 Å². The monoisotopic (exact) mass is 432 g/mol. The van der Waals surface area contributed by atoms with Crippen molar-refractivity contribution in [1.29, 1.82) is 0 Å². The normalized spacial score (nSPS) is 23.7. The van der Waals surface area contributed by atoms with Crippen LogP contribution in [0.15, 0.2) is 53.3 Å². The topological polar surface area (TPSA) is 81.8 Å². The minimum absolute atomic E-state index is 0.0217. The summed E-state index contributed by atoms with van der Waals surface area (Å²) in [5, 5.41) is 3.27. The molecule has 7 nitrogen and oxygen atoms in total. The summed E-state index contributed by atoms with van der Waals surface area (Å²) in [7, 11) is -3.50. The molecule has 0 aliphatic carbocycles. The Balaban J connectivity index is 1.31. The summed E-state index contributed by atoms with van der Waals surface area (Å²) in [6, 6.07) is 13.2. The van der Waals surface area contributed by atoms with Gasteiger partial charge in [-0.3, -0.25) is 4.79 Å². The second-order valence-electron chi connectivity index (χ2n) is 7.13. The lowest BCUT2D eigenvalue weighted by Gasteiger charge is -2.34. The largest absolute Gasteiger partial charge is 0.339 e. The van der Waals surface area contributed by atoms with E-state index < -0.39 is 10.0 Å². The molecular weight excluding hydrogens is 408 g/mol. The zero-order valence-electron chi connectivity index (χ0n) is 15.9. The minimum Gasteiger partial charge on any atom is -0.339 e. The molecular formula is C20H24N4O3S2. The van der Waals surface area contributed by atoms with Crippen LogP contribution < -0.4 is 10.9 Å². The quantitative estimate of drug-likeness (QED) is 0.753. The Kier molecular flexibility index (Phi) is 6.12. The Morgan fingerprint density at radius 3 is 2.48 bits per heavy atom. The van der Waals surface area contributed by atoms with Crippen LogP contribution in [0.2, 0.25) is 0 Å². The van der Waals surface area contributed by atoms with Gasteiger partial charge in [-0.25, -0.2) is 19.3 Å². The number of hydrogen-bond donors (Lipinski definition) is 2. The van der Waals surface area contributed by atoms with E-state index in [1.165, 1.54) is 14.6 Å². The molecule has 29 heavy (non-hydrogen) atoms. The van der Waals surface area contributed by atoms with Crippen molar-refractivity contribution in [2.24, 2.45) is 0 Å². The summed E-state index contributed by atoms with van der Waals surface area (Å²) >= 11 is 1.67. The molecule has 2 fully saturated rings. The summed E-state index contributed by atoms with van der Waals surface area (Å²) in [4.78, 5) is 15.8. The molecule has 4 rings (SSSR count). The molecule has 2 aromatic rings. The lowest BCUT2D eigenvalue weighted by molar-refractivity contribution is -0.134. The standard InChI is InChI=1S/C20H24N4O3S2/c25-20(18-15-17(21-22-18)19-7-4-13-28-19)23-9-11-24(12-10-23)29(26,27)14-8-16-5-2-1-3-6-16/h1-8,13-14,17-18,21-22H,9-12,15H2/b14-8+. The fourth-order valence-corrected chi connectivity index (χ4v) is 5.56. The molecule has 0 radical (unpaired) electrons. The third-order valence-electron chi connectivity index (χ3n) is 5.23. The molecule has 2 aliphatic rings. The van der Waals surface area contributed by atoms with Crippen molar-refractivity contribution in [2.45, 2.75) is 18.5 Å². The third-order valence-corrected chi connectivity index (χ3v) is 7.78. The Morgan fingerprint density at radius 1 is 1.03 bits per heavy atom. The second kappa shape index (κ2) is 8.76. The Morgan fingerprint density at radius 2 is 1.79 bits per heavy atom. The van der Waals surface area contributed by atoms with Crippen LogP contribution in [0.1, 0.15) is 22.9 Å². The van der Waals surface area contributed by atoms with Crippen molar-refractivity contribution in [1.82, 2.24) is 20.1 Å². The second-order valence-corrected chi connectivity index (χ2v) is 9.93. The van der Waals surface area contributed by atoms with Crippen molar-refractivity contribution in [3.63, 3.8) is 0 Å². The van der Waals surface area contributed by atoms with E-state index in [0.717, 1.165) is 5.56 Å². The number of hydrogen-bond acceptors (Lipinski definition) is 6. The van der Waals surface area contributed by atoms with Crippen molar-refractivity contribution in [3.8, 4) is 0 Å². The zero-order chi connectivity index (χ0) is 20.3. The van der Waals surface area contributed by atoms with Gasteiger partial charge in [0.25, 0.3) is 0 Å². The van der Waals surface area contributed by atoms with Crippen molar-refractivity contribution in [3.05, 3.63) is 63.7 Å². The average Bonchev–Trinajstić information content (AvgIpc) is 3.44. The highest BCUT2D eigenvalue weighted by atomic mass is 32.2. The van der Waals surface area contributed by atoms with E-state index in [2.05, 4.69) is 16.9 Å². The highest BCUT2D eigenvalue weighted by Crippen LogP contribution is 2.26. The number of nitrogens with one attached hydrogen (secondary N) is 2. The first kappa shape index (κ1) is 20.2. The fourth-order valence-electron chi connectivity index (χ4n) is 3.59. The maximum Gasteiger partial charge on any atom is 0.241 e. The molecule has 2 N–H and O–H groups in total. The number of carbonyl (C=O) groups is 1. The van der Waals surface area contributed by atoms with Crippen molar-refractivity contribution >= 4 is 33.3 Å². The fraction of sp³-hybridized carbons (Fsp3) is 0.350. The summed E-state index contributed by atoms with van der Waals surface area (Å²) < 4.78 is 26.6. The van der Waals surface area contributed by atoms with Crippen LogP contribution in [-0.4, -0.2) is 55.8 Å². The number of sulfonamides is 1. The van der Waals surface area contributed by atoms with Gasteiger partial charge in [0.15, 0.2) is 0 Å². The lowest BCUT2D eigenvalue weighted by Crippen LogP contribution is -2.54. The van der Waals surface area contributed by atoms with Crippen LogP contribution in [0.4, 0.5) is 0 Å². The molecule has 0 saturated carbocycles. The molecule has 9 heteroatoms. The number of rotatable bonds is 5. The number of piperazine rings is 1. The number of hydrazine groups is 1. The van der Waals surface area contributed by atoms with Gasteiger partial charge in [-0.15, -0.1) is 11.3 Å². The number of thiophene rings is 1. The van der Waals surface area contributed by atoms with Gasteiger partial charge in [0, 0.05) is 36.5 Å². The highest BCUT2D eigenvalue weighted by Gasteiger charge is 2.35. The summed E-state index contributed by atoms with van der Waals surface area (Å²) in [5.74, 6) is 0.0217. The summed E-state index contributed by atoms with van der Waals surface area (Å²) in [6.45, 7) is 1.42. The van der Waals surface area contributed by atoms with E-state index in [-0.39, 0.29) is 18.0 Å². The van der Waals surface area contributed by atoms with Crippen LogP contribution >= 0.6 is 11.3 Å². The molecule has 1 aromatic heterocycles. The third kappa shape index (κ3) is 4.76. The zero-order valence-corrected chi connectivity index (χ0v) is 17.5. The van der Waals surface area contributed by atoms with E-state index in [4.69, 9.17) is 0 Å². The van der Waals surface area contributed by atoms with Gasteiger partial charge in [0.05, 0.1) is 6.04 Å². The number of carbonyl (C=O) groups excluding carboxylic acids is 1. The maximum absolute atomic E-state index is 12.8. The van der Waals surface area contributed by atoms with E-state index in [9.17, 15) is 13.2 Å². The molecule has 0 bridgehead atoms. The van der Waals surface area contributed by atoms with Gasteiger partial charge in [-0.05, 0) is 29.5 Å². The van der Waals surface area contributed by atoms with Gasteiger partial charge in [-0.2, -0.15) is 4.31 Å². The van der Waals surface area contributed by atoms with Crippen LogP contribution in [0.3, 0.4) is 0 Å². The summed E-state index contributed by atoms with van der Waals surface area (Å²) in [5.41, 5.74) is 7.12. The first-order chi connectivity index (χ1) is 14.0. The van der Waals surface area contributed by atoms with Gasteiger partial charge in [-0.1, -0.05) is 36.4 Å². The van der Waals surface area contributed by atoms with Crippen LogP contribution in [0.5, 0.6) is 0 Å². The number of amides is 1. The number of benzene rings is 1. The Labute approximate surface area is 175 Å². The van der Waals surface area contributed by atoms with Crippen LogP contribution in [-0.2, 0) is 14.8 Å². The predicted molar refractivity (Wildman–Crippen MR) is 114 cm³/mol. The molecule has 2 saturated heterocycles.